The van der Waals surface area contributed by atoms with Crippen molar-refractivity contribution in [3.8, 4) is 10.6 Å². The maximum absolute atomic E-state index is 11.2. The summed E-state index contributed by atoms with van der Waals surface area (Å²) in [7, 11) is 0. The van der Waals surface area contributed by atoms with E-state index in [0.717, 1.165) is 38.0 Å². The van der Waals surface area contributed by atoms with Gasteiger partial charge in [-0.05, 0) is 17.7 Å². The minimum absolute atomic E-state index is 0.428. The fourth-order valence-electron chi connectivity index (χ4n) is 2.53. The number of nitrogens with two attached hydrogens (primary N) is 1. The number of carbonyl (C=O) groups excluding carboxylic acids is 1. The second-order valence-corrected chi connectivity index (χ2v) is 9.14. The molecule has 6 nitrogen and oxygen atoms in total. The Hall–Kier alpha value is -2.75. The average Bonchev–Trinajstić information content (AvgIpc) is 3.41. The Morgan fingerprint density at radius 1 is 1.07 bits per heavy atom. The molecular formula is C20H17N5OS3. The molecule has 0 radical (unpaired) electrons. The molecule has 0 spiro atoms. The van der Waals surface area contributed by atoms with Crippen LogP contribution in [0.2, 0.25) is 0 Å². The molecule has 0 saturated carbocycles. The molecule has 9 heteroatoms. The van der Waals surface area contributed by atoms with Crippen LogP contribution in [0.25, 0.3) is 10.6 Å². The van der Waals surface area contributed by atoms with E-state index in [1.807, 2.05) is 35.7 Å². The predicted octanol–water partition coefficient (Wildman–Crippen LogP) is 4.66. The first-order valence-corrected chi connectivity index (χ1v) is 11.4. The highest BCUT2D eigenvalue weighted by atomic mass is 32.2. The number of amides is 1. The van der Waals surface area contributed by atoms with Crippen molar-refractivity contribution in [1.82, 2.24) is 15.2 Å². The van der Waals surface area contributed by atoms with Crippen LogP contribution in [-0.2, 0) is 12.3 Å². The maximum atomic E-state index is 11.2. The van der Waals surface area contributed by atoms with E-state index in [9.17, 15) is 4.79 Å². The van der Waals surface area contributed by atoms with Gasteiger partial charge < -0.3 is 11.1 Å². The van der Waals surface area contributed by atoms with Crippen LogP contribution in [0, 0.1) is 0 Å². The zero-order chi connectivity index (χ0) is 20.1. The quantitative estimate of drug-likeness (QED) is 0.388. The molecule has 0 fully saturated rings. The summed E-state index contributed by atoms with van der Waals surface area (Å²) in [6.07, 6.45) is 0. The van der Waals surface area contributed by atoms with Gasteiger partial charge >= 0.3 is 0 Å². The molecular weight excluding hydrogens is 422 g/mol. The van der Waals surface area contributed by atoms with Crippen LogP contribution in [0.4, 0.5) is 5.13 Å². The van der Waals surface area contributed by atoms with Gasteiger partial charge in [0.15, 0.2) is 4.34 Å². The third-order valence-electron chi connectivity index (χ3n) is 4.00. The summed E-state index contributed by atoms with van der Waals surface area (Å²) in [4.78, 5) is 15.9. The molecule has 1 amide bonds. The third kappa shape index (κ3) is 5.20. The molecule has 3 N–H and O–H groups in total. The number of primary amides is 1. The Kier molecular flexibility index (Phi) is 6.18. The fraction of sp³-hybridized carbons (Fsp3) is 0.100. The fourth-order valence-corrected chi connectivity index (χ4v) is 5.10. The Morgan fingerprint density at radius 3 is 2.62 bits per heavy atom. The summed E-state index contributed by atoms with van der Waals surface area (Å²) < 4.78 is 0.904. The van der Waals surface area contributed by atoms with Gasteiger partial charge in [0.25, 0.3) is 0 Å². The standard InChI is InChI=1S/C20H17N5OS3/c21-17(26)14-6-8-15(9-7-14)18-23-16(11-27-18)12-28-20-25-24-19(29-20)22-10-13-4-2-1-3-5-13/h1-9,11H,10,12H2,(H2,21,26)(H,22,24). The molecule has 0 aliphatic carbocycles. The van der Waals surface area contributed by atoms with Crippen molar-refractivity contribution in [2.45, 2.75) is 16.6 Å². The van der Waals surface area contributed by atoms with Gasteiger partial charge in [0.05, 0.1) is 5.69 Å². The second kappa shape index (κ2) is 9.17. The van der Waals surface area contributed by atoms with Gasteiger partial charge in [-0.15, -0.1) is 21.5 Å². The average molecular weight is 440 g/mol. The zero-order valence-electron chi connectivity index (χ0n) is 15.2. The van der Waals surface area contributed by atoms with Gasteiger partial charge in [-0.3, -0.25) is 4.79 Å². The number of thioether (sulfide) groups is 1. The topological polar surface area (TPSA) is 93.8 Å². The highest BCUT2D eigenvalue weighted by molar-refractivity contribution is 8.00. The number of anilines is 1. The number of nitrogens with zero attached hydrogens (tertiary/aromatic N) is 3. The van der Waals surface area contributed by atoms with Gasteiger partial charge in [0.2, 0.25) is 11.0 Å². The van der Waals surface area contributed by atoms with Crippen molar-refractivity contribution in [2.75, 3.05) is 5.32 Å². The van der Waals surface area contributed by atoms with Crippen LogP contribution in [-0.4, -0.2) is 21.1 Å². The monoisotopic (exact) mass is 439 g/mol. The van der Waals surface area contributed by atoms with Crippen molar-refractivity contribution in [3.63, 3.8) is 0 Å². The molecule has 0 saturated heterocycles. The largest absolute Gasteiger partial charge is 0.366 e. The molecule has 146 valence electrons. The number of thiazole rings is 1. The molecule has 2 aromatic heterocycles. The van der Waals surface area contributed by atoms with Gasteiger partial charge in [-0.1, -0.05) is 65.6 Å². The van der Waals surface area contributed by atoms with E-state index in [1.165, 1.54) is 5.56 Å². The van der Waals surface area contributed by atoms with Gasteiger partial charge in [-0.2, -0.15) is 0 Å². The molecule has 0 aliphatic rings. The molecule has 2 heterocycles. The lowest BCUT2D eigenvalue weighted by Gasteiger charge is -2.00. The minimum Gasteiger partial charge on any atom is -0.366 e. The van der Waals surface area contributed by atoms with Crippen LogP contribution in [0.5, 0.6) is 0 Å². The summed E-state index contributed by atoms with van der Waals surface area (Å²) in [5, 5.41) is 15.5. The number of hydrogen-bond acceptors (Lipinski definition) is 8. The van der Waals surface area contributed by atoms with E-state index < -0.39 is 5.91 Å². The lowest BCUT2D eigenvalue weighted by Crippen LogP contribution is -2.10. The van der Waals surface area contributed by atoms with Crippen molar-refractivity contribution in [1.29, 1.82) is 0 Å². The first-order chi connectivity index (χ1) is 14.2. The second-order valence-electron chi connectivity index (χ2n) is 6.09. The Bertz CT molecular complexity index is 1090. The summed E-state index contributed by atoms with van der Waals surface area (Å²) in [5.41, 5.74) is 8.94. The SMILES string of the molecule is NC(=O)c1ccc(-c2nc(CSc3nnc(NCc4ccccc4)s3)cs2)cc1. The van der Waals surface area contributed by atoms with Crippen molar-refractivity contribution >= 4 is 45.5 Å². The van der Waals surface area contributed by atoms with E-state index in [1.54, 1.807) is 46.6 Å². The van der Waals surface area contributed by atoms with E-state index >= 15 is 0 Å². The van der Waals surface area contributed by atoms with Crippen LogP contribution in [0.15, 0.2) is 64.3 Å². The van der Waals surface area contributed by atoms with E-state index in [2.05, 4.69) is 32.6 Å². The number of hydrogen-bond donors (Lipinski definition) is 2. The summed E-state index contributed by atoms with van der Waals surface area (Å²) >= 11 is 4.74. The first kappa shape index (κ1) is 19.6. The number of benzene rings is 2. The van der Waals surface area contributed by atoms with Crippen molar-refractivity contribution in [3.05, 3.63) is 76.8 Å². The van der Waals surface area contributed by atoms with Crippen LogP contribution >= 0.6 is 34.4 Å². The molecule has 0 bridgehead atoms. The van der Waals surface area contributed by atoms with Gasteiger partial charge in [0.1, 0.15) is 5.01 Å². The summed E-state index contributed by atoms with van der Waals surface area (Å²) in [5.74, 6) is 0.297. The summed E-state index contributed by atoms with van der Waals surface area (Å²) in [6.45, 7) is 0.726. The number of rotatable bonds is 8. The molecule has 0 aliphatic heterocycles. The van der Waals surface area contributed by atoms with E-state index in [4.69, 9.17) is 5.73 Å². The minimum atomic E-state index is -0.428. The highest BCUT2D eigenvalue weighted by Gasteiger charge is 2.09. The molecule has 2 aromatic carbocycles. The number of aromatic nitrogens is 3. The van der Waals surface area contributed by atoms with Gasteiger partial charge in [0, 0.05) is 28.8 Å². The van der Waals surface area contributed by atoms with E-state index in [-0.39, 0.29) is 0 Å². The van der Waals surface area contributed by atoms with Crippen LogP contribution < -0.4 is 11.1 Å². The van der Waals surface area contributed by atoms with Crippen LogP contribution in [0.3, 0.4) is 0 Å². The Morgan fingerprint density at radius 2 is 1.86 bits per heavy atom. The Balaban J connectivity index is 1.32. The van der Waals surface area contributed by atoms with Crippen LogP contribution in [0.1, 0.15) is 21.6 Å². The normalized spacial score (nSPS) is 10.8. The molecule has 0 unspecified atom stereocenters. The van der Waals surface area contributed by atoms with Crippen molar-refractivity contribution < 1.29 is 4.79 Å². The predicted molar refractivity (Wildman–Crippen MR) is 119 cm³/mol. The summed E-state index contributed by atoms with van der Waals surface area (Å²) in [6, 6.07) is 17.4. The molecule has 29 heavy (non-hydrogen) atoms. The molecule has 4 aromatic rings. The molecule has 0 atom stereocenters. The first-order valence-electron chi connectivity index (χ1n) is 8.76. The number of carbonyl (C=O) groups is 1. The van der Waals surface area contributed by atoms with Gasteiger partial charge in [-0.25, -0.2) is 4.98 Å². The van der Waals surface area contributed by atoms with Crippen molar-refractivity contribution in [2.24, 2.45) is 5.73 Å². The lowest BCUT2D eigenvalue weighted by molar-refractivity contribution is 0.100. The zero-order valence-corrected chi connectivity index (χ0v) is 17.7. The number of nitrogens with one attached hydrogen (secondary N) is 1. The van der Waals surface area contributed by atoms with E-state index in [0.29, 0.717) is 5.56 Å². The maximum Gasteiger partial charge on any atom is 0.248 e. The smallest absolute Gasteiger partial charge is 0.248 e. The Labute approximate surface area is 180 Å². The highest BCUT2D eigenvalue weighted by Crippen LogP contribution is 2.31. The molecule has 4 rings (SSSR count). The lowest BCUT2D eigenvalue weighted by atomic mass is 10.1. The third-order valence-corrected chi connectivity index (χ3v) is 6.99.